The molecule has 0 bridgehead atoms. The zero-order chi connectivity index (χ0) is 14.8. The van der Waals surface area contributed by atoms with Crippen LogP contribution in [0.3, 0.4) is 0 Å². The molecule has 110 valence electrons. The number of carbonyl (C=O) groups is 1. The third-order valence-corrected chi connectivity index (χ3v) is 4.48. The lowest BCUT2D eigenvalue weighted by Gasteiger charge is -2.43. The predicted octanol–water partition coefficient (Wildman–Crippen LogP) is 2.19. The van der Waals surface area contributed by atoms with Crippen LogP contribution in [0, 0.1) is 0 Å². The Morgan fingerprint density at radius 2 is 1.85 bits per heavy atom. The fourth-order valence-electron chi connectivity index (χ4n) is 3.09. The highest BCUT2D eigenvalue weighted by molar-refractivity contribution is 5.80. The molecule has 1 aliphatic rings. The van der Waals surface area contributed by atoms with Crippen LogP contribution in [-0.4, -0.2) is 34.6 Å². The Kier molecular flexibility index (Phi) is 4.45. The Labute approximate surface area is 120 Å². The van der Waals surface area contributed by atoms with Crippen molar-refractivity contribution in [3.8, 4) is 0 Å². The van der Waals surface area contributed by atoms with Crippen LogP contribution in [0.4, 0.5) is 0 Å². The number of hydrogen-bond acceptors (Lipinski definition) is 3. The molecule has 0 saturated carbocycles. The van der Waals surface area contributed by atoms with E-state index in [9.17, 15) is 9.90 Å². The Hall–Kier alpha value is -1.39. The highest BCUT2D eigenvalue weighted by atomic mass is 16.4. The highest BCUT2D eigenvalue weighted by Crippen LogP contribution is 2.28. The number of piperidine rings is 1. The first-order chi connectivity index (χ1) is 9.45. The van der Waals surface area contributed by atoms with Crippen molar-refractivity contribution < 1.29 is 9.90 Å². The summed E-state index contributed by atoms with van der Waals surface area (Å²) in [6.07, 6.45) is 3.42. The second-order valence-corrected chi connectivity index (χ2v) is 5.94. The summed E-state index contributed by atoms with van der Waals surface area (Å²) in [5.41, 5.74) is 5.59. The van der Waals surface area contributed by atoms with Crippen LogP contribution in [0.15, 0.2) is 30.3 Å². The summed E-state index contributed by atoms with van der Waals surface area (Å²) >= 11 is 0. The van der Waals surface area contributed by atoms with Crippen molar-refractivity contribution in [2.75, 3.05) is 6.54 Å². The summed E-state index contributed by atoms with van der Waals surface area (Å²) in [6.45, 7) is 4.67. The van der Waals surface area contributed by atoms with Crippen LogP contribution < -0.4 is 5.73 Å². The van der Waals surface area contributed by atoms with E-state index in [0.29, 0.717) is 24.2 Å². The number of carboxylic acids is 1. The lowest BCUT2D eigenvalue weighted by molar-refractivity contribution is -0.145. The van der Waals surface area contributed by atoms with Gasteiger partial charge >= 0.3 is 5.97 Å². The van der Waals surface area contributed by atoms with E-state index in [0.717, 1.165) is 12.8 Å². The summed E-state index contributed by atoms with van der Waals surface area (Å²) in [4.78, 5) is 14.0. The van der Waals surface area contributed by atoms with Gasteiger partial charge in [0.15, 0.2) is 5.54 Å². The van der Waals surface area contributed by atoms with E-state index >= 15 is 0 Å². The van der Waals surface area contributed by atoms with Gasteiger partial charge in [-0.05, 0) is 32.3 Å². The van der Waals surface area contributed by atoms with E-state index in [4.69, 9.17) is 5.73 Å². The van der Waals surface area contributed by atoms with E-state index in [-0.39, 0.29) is 0 Å². The van der Waals surface area contributed by atoms with Gasteiger partial charge in [-0.1, -0.05) is 36.8 Å². The number of carboxylic acid groups (broad SMARTS) is 1. The molecule has 0 aromatic heterocycles. The van der Waals surface area contributed by atoms with E-state index in [2.05, 4.69) is 18.7 Å². The number of rotatable bonds is 4. The largest absolute Gasteiger partial charge is 0.480 e. The van der Waals surface area contributed by atoms with Gasteiger partial charge < -0.3 is 10.8 Å². The number of hydrogen-bond donors (Lipinski definition) is 2. The van der Waals surface area contributed by atoms with E-state index < -0.39 is 11.5 Å². The number of nitrogens with two attached hydrogens (primary N) is 1. The molecule has 1 aromatic rings. The molecule has 4 nitrogen and oxygen atoms in total. The zero-order valence-electron chi connectivity index (χ0n) is 12.2. The molecule has 2 rings (SSSR count). The molecule has 0 amide bonds. The maximum absolute atomic E-state index is 11.8. The van der Waals surface area contributed by atoms with Gasteiger partial charge in [-0.15, -0.1) is 0 Å². The van der Waals surface area contributed by atoms with Gasteiger partial charge in [0.25, 0.3) is 0 Å². The molecule has 1 heterocycles. The van der Waals surface area contributed by atoms with Crippen LogP contribution in [0.2, 0.25) is 0 Å². The minimum absolute atomic E-state index is 0.356. The first-order valence-electron chi connectivity index (χ1n) is 7.28. The van der Waals surface area contributed by atoms with Crippen LogP contribution >= 0.6 is 0 Å². The van der Waals surface area contributed by atoms with Crippen molar-refractivity contribution in [1.29, 1.82) is 0 Å². The summed E-state index contributed by atoms with van der Waals surface area (Å²) in [5, 5.41) is 9.64. The van der Waals surface area contributed by atoms with Gasteiger partial charge in [-0.25, -0.2) is 4.79 Å². The van der Waals surface area contributed by atoms with Gasteiger partial charge in [0.05, 0.1) is 0 Å². The molecule has 3 atom stereocenters. The SMILES string of the molecule is C[C@@H]1CCC[C@H](C)N1CC(N)(C(=O)O)c1ccccc1. The summed E-state index contributed by atoms with van der Waals surface area (Å²) in [5.74, 6) is -0.964. The van der Waals surface area contributed by atoms with Crippen molar-refractivity contribution in [3.05, 3.63) is 35.9 Å². The first kappa shape index (κ1) is 15.0. The molecule has 20 heavy (non-hydrogen) atoms. The van der Waals surface area contributed by atoms with Gasteiger partial charge in [0.1, 0.15) is 0 Å². The van der Waals surface area contributed by atoms with Crippen LogP contribution in [0.5, 0.6) is 0 Å². The average Bonchev–Trinajstić information content (AvgIpc) is 2.43. The van der Waals surface area contributed by atoms with E-state index in [1.54, 1.807) is 12.1 Å². The standard InChI is InChI=1S/C16H24N2O2/c1-12-7-6-8-13(2)18(12)11-16(17,15(19)20)14-9-4-3-5-10-14/h3-5,9-10,12-13H,6-8,11,17H2,1-2H3,(H,19,20)/t12-,13+,16?. The molecule has 1 unspecified atom stereocenters. The molecule has 1 aliphatic heterocycles. The molecular formula is C16H24N2O2. The Morgan fingerprint density at radius 3 is 2.35 bits per heavy atom. The molecule has 4 heteroatoms. The Morgan fingerprint density at radius 1 is 1.30 bits per heavy atom. The van der Waals surface area contributed by atoms with Crippen LogP contribution in [-0.2, 0) is 10.3 Å². The Bertz CT molecular complexity index is 453. The average molecular weight is 276 g/mol. The van der Waals surface area contributed by atoms with Crippen molar-refractivity contribution in [1.82, 2.24) is 4.90 Å². The van der Waals surface area contributed by atoms with Gasteiger partial charge in [0.2, 0.25) is 0 Å². The fraction of sp³-hybridized carbons (Fsp3) is 0.562. The fourth-order valence-corrected chi connectivity index (χ4v) is 3.09. The van der Waals surface area contributed by atoms with Crippen molar-refractivity contribution in [3.63, 3.8) is 0 Å². The minimum atomic E-state index is -1.35. The second kappa shape index (κ2) is 5.94. The van der Waals surface area contributed by atoms with E-state index in [1.165, 1.54) is 6.42 Å². The van der Waals surface area contributed by atoms with Crippen molar-refractivity contribution in [2.24, 2.45) is 5.73 Å². The molecule has 1 aromatic carbocycles. The van der Waals surface area contributed by atoms with Crippen LogP contribution in [0.1, 0.15) is 38.7 Å². The third-order valence-electron chi connectivity index (χ3n) is 4.48. The topological polar surface area (TPSA) is 66.6 Å². The number of benzene rings is 1. The number of aliphatic carboxylic acids is 1. The molecule has 0 aliphatic carbocycles. The lowest BCUT2D eigenvalue weighted by Crippen LogP contribution is -2.58. The Balaban J connectivity index is 2.28. The second-order valence-electron chi connectivity index (χ2n) is 5.94. The quantitative estimate of drug-likeness (QED) is 0.884. The molecule has 0 spiro atoms. The normalized spacial score (nSPS) is 26.9. The molecule has 3 N–H and O–H groups in total. The third kappa shape index (κ3) is 2.86. The summed E-state index contributed by atoms with van der Waals surface area (Å²) in [6, 6.07) is 9.90. The van der Waals surface area contributed by atoms with E-state index in [1.807, 2.05) is 18.2 Å². The highest BCUT2D eigenvalue weighted by Gasteiger charge is 2.40. The summed E-state index contributed by atoms with van der Waals surface area (Å²) in [7, 11) is 0. The number of likely N-dealkylation sites (tertiary alicyclic amines) is 1. The first-order valence-corrected chi connectivity index (χ1v) is 7.28. The molecule has 1 saturated heterocycles. The predicted molar refractivity (Wildman–Crippen MR) is 79.4 cm³/mol. The smallest absolute Gasteiger partial charge is 0.329 e. The van der Waals surface area contributed by atoms with Gasteiger partial charge in [-0.3, -0.25) is 4.90 Å². The molecule has 1 fully saturated rings. The maximum atomic E-state index is 11.8. The van der Waals surface area contributed by atoms with Crippen LogP contribution in [0.25, 0.3) is 0 Å². The van der Waals surface area contributed by atoms with Gasteiger partial charge in [0, 0.05) is 18.6 Å². The monoisotopic (exact) mass is 276 g/mol. The lowest BCUT2D eigenvalue weighted by atomic mass is 9.87. The number of nitrogens with zero attached hydrogens (tertiary/aromatic N) is 1. The van der Waals surface area contributed by atoms with Gasteiger partial charge in [-0.2, -0.15) is 0 Å². The maximum Gasteiger partial charge on any atom is 0.329 e. The zero-order valence-corrected chi connectivity index (χ0v) is 12.2. The minimum Gasteiger partial charge on any atom is -0.480 e. The summed E-state index contributed by atoms with van der Waals surface area (Å²) < 4.78 is 0. The molecular weight excluding hydrogens is 252 g/mol. The van der Waals surface area contributed by atoms with Crippen molar-refractivity contribution in [2.45, 2.75) is 50.7 Å². The van der Waals surface area contributed by atoms with Crippen molar-refractivity contribution >= 4 is 5.97 Å². The molecule has 0 radical (unpaired) electrons.